The number of rotatable bonds is 6. The summed E-state index contributed by atoms with van der Waals surface area (Å²) in [5.74, 6) is 0.777. The summed E-state index contributed by atoms with van der Waals surface area (Å²) in [6.45, 7) is 6.38. The van der Waals surface area contributed by atoms with Gasteiger partial charge < -0.3 is 19.9 Å². The van der Waals surface area contributed by atoms with Crippen LogP contribution < -0.4 is 15.4 Å². The molecule has 3 aromatic rings. The van der Waals surface area contributed by atoms with Crippen LogP contribution in [0.2, 0.25) is 0 Å². The van der Waals surface area contributed by atoms with E-state index in [9.17, 15) is 10.1 Å². The highest BCUT2D eigenvalue weighted by atomic mass is 16.5. The van der Waals surface area contributed by atoms with E-state index in [2.05, 4.69) is 27.3 Å². The van der Waals surface area contributed by atoms with Crippen LogP contribution >= 0.6 is 0 Å². The molecule has 1 aliphatic rings. The molecular weight excluding hydrogens is 388 g/mol. The molecule has 2 amide bonds. The van der Waals surface area contributed by atoms with Crippen molar-refractivity contribution in [2.45, 2.75) is 52.1 Å². The summed E-state index contributed by atoms with van der Waals surface area (Å²) in [4.78, 5) is 12.0. The number of aromatic nitrogens is 1. The van der Waals surface area contributed by atoms with Gasteiger partial charge in [0.15, 0.2) is 0 Å². The average molecular weight is 417 g/mol. The van der Waals surface area contributed by atoms with E-state index in [0.29, 0.717) is 23.9 Å². The number of amides is 2. The van der Waals surface area contributed by atoms with Crippen LogP contribution in [0.1, 0.15) is 51.6 Å². The lowest BCUT2D eigenvalue weighted by atomic mass is 9.92. The first kappa shape index (κ1) is 20.8. The number of anilines is 1. The number of benzene rings is 2. The van der Waals surface area contributed by atoms with Crippen molar-refractivity contribution in [2.75, 3.05) is 11.9 Å². The molecule has 1 saturated carbocycles. The van der Waals surface area contributed by atoms with Crippen LogP contribution in [0.3, 0.4) is 0 Å². The van der Waals surface area contributed by atoms with Crippen molar-refractivity contribution in [3.8, 4) is 23.1 Å². The third-order valence-electron chi connectivity index (χ3n) is 5.67. The quantitative estimate of drug-likeness (QED) is 0.530. The van der Waals surface area contributed by atoms with Gasteiger partial charge in [0.1, 0.15) is 11.8 Å². The van der Waals surface area contributed by atoms with Crippen LogP contribution in [-0.2, 0) is 0 Å². The molecule has 1 fully saturated rings. The number of nitriles is 1. The standard InChI is InChI=1S/C25H28N4O2/c1-4-31-20-12-13-23-21(14-20)22(15-26)24(29(23)19-6-5-7-19)17-8-10-18(11-9-17)28-25(30)27-16(2)3/h8-14,16,19H,4-7H2,1-3H3,(H2,27,28,30). The van der Waals surface area contributed by atoms with Crippen LogP contribution in [0, 0.1) is 11.3 Å². The highest BCUT2D eigenvalue weighted by Crippen LogP contribution is 2.43. The highest BCUT2D eigenvalue weighted by molar-refractivity contribution is 5.96. The van der Waals surface area contributed by atoms with Gasteiger partial charge in [-0.2, -0.15) is 5.26 Å². The van der Waals surface area contributed by atoms with Gasteiger partial charge in [0.05, 0.1) is 23.4 Å². The number of ether oxygens (including phenoxy) is 1. The monoisotopic (exact) mass is 416 g/mol. The molecule has 0 saturated heterocycles. The van der Waals surface area contributed by atoms with Gasteiger partial charge in [0.25, 0.3) is 0 Å². The number of carbonyl (C=O) groups excluding carboxylic acids is 1. The Labute approximate surface area is 182 Å². The maximum absolute atomic E-state index is 12.0. The second-order valence-corrected chi connectivity index (χ2v) is 8.23. The fourth-order valence-corrected chi connectivity index (χ4v) is 4.11. The molecule has 4 rings (SSSR count). The lowest BCUT2D eigenvalue weighted by Gasteiger charge is -2.30. The zero-order valence-electron chi connectivity index (χ0n) is 18.2. The van der Waals surface area contributed by atoms with E-state index < -0.39 is 0 Å². The van der Waals surface area contributed by atoms with E-state index in [0.717, 1.165) is 40.8 Å². The van der Waals surface area contributed by atoms with Crippen LogP contribution in [-0.4, -0.2) is 23.2 Å². The zero-order valence-corrected chi connectivity index (χ0v) is 18.2. The minimum absolute atomic E-state index is 0.0669. The number of fused-ring (bicyclic) bond motifs is 1. The number of hydrogen-bond acceptors (Lipinski definition) is 3. The van der Waals surface area contributed by atoms with Gasteiger partial charge >= 0.3 is 6.03 Å². The lowest BCUT2D eigenvalue weighted by molar-refractivity contribution is 0.250. The molecule has 1 aliphatic carbocycles. The van der Waals surface area contributed by atoms with E-state index in [-0.39, 0.29) is 12.1 Å². The van der Waals surface area contributed by atoms with Gasteiger partial charge in [-0.25, -0.2) is 4.79 Å². The van der Waals surface area contributed by atoms with Crippen molar-refractivity contribution < 1.29 is 9.53 Å². The Hall–Kier alpha value is -3.46. The number of hydrogen-bond donors (Lipinski definition) is 2. The molecule has 0 radical (unpaired) electrons. The molecular formula is C25H28N4O2. The Morgan fingerprint density at radius 1 is 1.23 bits per heavy atom. The summed E-state index contributed by atoms with van der Waals surface area (Å²) in [7, 11) is 0. The highest BCUT2D eigenvalue weighted by Gasteiger charge is 2.28. The SMILES string of the molecule is CCOc1ccc2c(c1)c(C#N)c(-c1ccc(NC(=O)NC(C)C)cc1)n2C1CCC1. The lowest BCUT2D eigenvalue weighted by Crippen LogP contribution is -2.34. The third kappa shape index (κ3) is 4.09. The van der Waals surface area contributed by atoms with Gasteiger partial charge in [-0.3, -0.25) is 0 Å². The molecule has 2 N–H and O–H groups in total. The largest absolute Gasteiger partial charge is 0.494 e. The normalized spacial score (nSPS) is 13.6. The Bertz CT molecular complexity index is 1140. The molecule has 1 aromatic heterocycles. The summed E-state index contributed by atoms with van der Waals surface area (Å²) in [6.07, 6.45) is 3.43. The van der Waals surface area contributed by atoms with Gasteiger partial charge in [-0.05, 0) is 75.9 Å². The van der Waals surface area contributed by atoms with Gasteiger partial charge in [-0.15, -0.1) is 0 Å². The third-order valence-corrected chi connectivity index (χ3v) is 5.67. The van der Waals surface area contributed by atoms with Crippen molar-refractivity contribution in [3.63, 3.8) is 0 Å². The Balaban J connectivity index is 1.77. The predicted octanol–water partition coefficient (Wildman–Crippen LogP) is 5.83. The second kappa shape index (κ2) is 8.73. The molecule has 6 heteroatoms. The Morgan fingerprint density at radius 2 is 1.97 bits per heavy atom. The molecule has 0 aliphatic heterocycles. The van der Waals surface area contributed by atoms with E-state index >= 15 is 0 Å². The summed E-state index contributed by atoms with van der Waals surface area (Å²) in [6, 6.07) is 16.4. The first-order chi connectivity index (χ1) is 15.0. The van der Waals surface area contributed by atoms with Crippen LogP contribution in [0.15, 0.2) is 42.5 Å². The molecule has 1 heterocycles. The van der Waals surface area contributed by atoms with Gasteiger partial charge in [-0.1, -0.05) is 12.1 Å². The fraction of sp³-hybridized carbons (Fsp3) is 0.360. The smallest absolute Gasteiger partial charge is 0.319 e. The fourth-order valence-electron chi connectivity index (χ4n) is 4.11. The van der Waals surface area contributed by atoms with Crippen molar-refractivity contribution >= 4 is 22.6 Å². The van der Waals surface area contributed by atoms with E-state index in [1.165, 1.54) is 6.42 Å². The first-order valence-corrected chi connectivity index (χ1v) is 10.9. The van der Waals surface area contributed by atoms with Gasteiger partial charge in [0, 0.05) is 23.2 Å². The number of carbonyl (C=O) groups is 1. The maximum Gasteiger partial charge on any atom is 0.319 e. The maximum atomic E-state index is 12.0. The Kier molecular flexibility index (Phi) is 5.85. The number of nitrogens with zero attached hydrogens (tertiary/aromatic N) is 2. The van der Waals surface area contributed by atoms with Crippen LogP contribution in [0.5, 0.6) is 5.75 Å². The summed E-state index contributed by atoms with van der Waals surface area (Å²) < 4.78 is 8.00. The van der Waals surface area contributed by atoms with E-state index in [1.807, 2.05) is 57.2 Å². The number of nitrogens with one attached hydrogen (secondary N) is 2. The topological polar surface area (TPSA) is 79.1 Å². The molecule has 0 spiro atoms. The summed E-state index contributed by atoms with van der Waals surface area (Å²) in [5.41, 5.74) is 4.35. The van der Waals surface area contributed by atoms with Crippen molar-refractivity contribution in [3.05, 3.63) is 48.0 Å². The number of urea groups is 1. The van der Waals surface area contributed by atoms with Gasteiger partial charge in [0.2, 0.25) is 0 Å². The summed E-state index contributed by atoms with van der Waals surface area (Å²) in [5, 5.41) is 16.7. The zero-order chi connectivity index (χ0) is 22.0. The molecule has 2 aromatic carbocycles. The van der Waals surface area contributed by atoms with Crippen LogP contribution in [0.4, 0.5) is 10.5 Å². The minimum atomic E-state index is -0.229. The molecule has 0 bridgehead atoms. The molecule has 31 heavy (non-hydrogen) atoms. The van der Waals surface area contributed by atoms with Crippen molar-refractivity contribution in [1.82, 2.24) is 9.88 Å². The first-order valence-electron chi connectivity index (χ1n) is 10.9. The average Bonchev–Trinajstić information content (AvgIpc) is 3.00. The molecule has 160 valence electrons. The minimum Gasteiger partial charge on any atom is -0.494 e. The van der Waals surface area contributed by atoms with Crippen molar-refractivity contribution in [2.24, 2.45) is 0 Å². The Morgan fingerprint density at radius 3 is 2.55 bits per heavy atom. The predicted molar refractivity (Wildman–Crippen MR) is 123 cm³/mol. The van der Waals surface area contributed by atoms with Crippen molar-refractivity contribution in [1.29, 1.82) is 5.26 Å². The molecule has 6 nitrogen and oxygen atoms in total. The van der Waals surface area contributed by atoms with E-state index in [1.54, 1.807) is 0 Å². The molecule has 0 atom stereocenters. The summed E-state index contributed by atoms with van der Waals surface area (Å²) >= 11 is 0. The van der Waals surface area contributed by atoms with Crippen LogP contribution in [0.25, 0.3) is 22.2 Å². The van der Waals surface area contributed by atoms with E-state index in [4.69, 9.17) is 4.74 Å². The second-order valence-electron chi connectivity index (χ2n) is 8.23. The molecule has 0 unspecified atom stereocenters.